The molecule has 2 saturated heterocycles. The highest BCUT2D eigenvalue weighted by Gasteiger charge is 2.28. The molecule has 148 valence electrons. The van der Waals surface area contributed by atoms with Crippen LogP contribution in [0, 0.1) is 0 Å². The summed E-state index contributed by atoms with van der Waals surface area (Å²) in [6.45, 7) is 6.04. The van der Waals surface area contributed by atoms with Crippen molar-refractivity contribution in [1.29, 1.82) is 0 Å². The lowest BCUT2D eigenvalue weighted by Crippen LogP contribution is -2.53. The average molecular weight is 393 g/mol. The number of nitrogens with zero attached hydrogens (tertiary/aromatic N) is 2. The van der Waals surface area contributed by atoms with Crippen molar-refractivity contribution in [3.05, 3.63) is 34.9 Å². The zero-order chi connectivity index (χ0) is 19.2. The van der Waals surface area contributed by atoms with E-state index in [-0.39, 0.29) is 24.4 Å². The van der Waals surface area contributed by atoms with Gasteiger partial charge in [-0.05, 0) is 43.9 Å². The molecule has 0 bridgehead atoms. The van der Waals surface area contributed by atoms with Crippen LogP contribution in [-0.4, -0.2) is 66.9 Å². The van der Waals surface area contributed by atoms with E-state index in [0.29, 0.717) is 5.02 Å². The summed E-state index contributed by atoms with van der Waals surface area (Å²) in [5.41, 5.74) is 1.10. The molecule has 2 unspecified atom stereocenters. The van der Waals surface area contributed by atoms with Crippen LogP contribution >= 0.6 is 11.6 Å². The van der Waals surface area contributed by atoms with E-state index in [1.807, 2.05) is 29.2 Å². The Labute approximate surface area is 166 Å². The van der Waals surface area contributed by atoms with Crippen molar-refractivity contribution in [1.82, 2.24) is 20.4 Å². The first-order valence-corrected chi connectivity index (χ1v) is 10.2. The van der Waals surface area contributed by atoms with Crippen LogP contribution in [0.5, 0.6) is 0 Å². The summed E-state index contributed by atoms with van der Waals surface area (Å²) in [7, 11) is 0. The molecule has 6 nitrogen and oxygen atoms in total. The molecular weight excluding hydrogens is 364 g/mol. The van der Waals surface area contributed by atoms with Gasteiger partial charge in [-0.2, -0.15) is 0 Å². The first-order chi connectivity index (χ1) is 13.0. The first kappa shape index (κ1) is 20.1. The van der Waals surface area contributed by atoms with E-state index in [0.717, 1.165) is 51.1 Å². The second-order valence-electron chi connectivity index (χ2n) is 7.42. The second-order valence-corrected chi connectivity index (χ2v) is 7.86. The molecule has 2 fully saturated rings. The van der Waals surface area contributed by atoms with Gasteiger partial charge in [0.2, 0.25) is 11.8 Å². The number of piperazine rings is 1. The highest BCUT2D eigenvalue weighted by molar-refractivity contribution is 6.30. The molecule has 2 amide bonds. The van der Waals surface area contributed by atoms with E-state index in [1.165, 1.54) is 6.42 Å². The number of piperidine rings is 1. The highest BCUT2D eigenvalue weighted by Crippen LogP contribution is 2.24. The van der Waals surface area contributed by atoms with Gasteiger partial charge in [0.1, 0.15) is 6.04 Å². The Balaban J connectivity index is 1.57. The SMILES string of the molecule is CC(NC(=O)CN1CCNCC1c1cccc(Cl)c1)C(=O)N1CCCCC1. The average Bonchev–Trinajstić information content (AvgIpc) is 2.68. The van der Waals surface area contributed by atoms with Crippen molar-refractivity contribution in [2.75, 3.05) is 39.3 Å². The lowest BCUT2D eigenvalue weighted by molar-refractivity contribution is -0.137. The topological polar surface area (TPSA) is 64.7 Å². The zero-order valence-electron chi connectivity index (χ0n) is 15.9. The Morgan fingerprint density at radius 1 is 1.26 bits per heavy atom. The van der Waals surface area contributed by atoms with Gasteiger partial charge in [-0.1, -0.05) is 23.7 Å². The molecule has 0 aromatic heterocycles. The fraction of sp³-hybridized carbons (Fsp3) is 0.600. The van der Waals surface area contributed by atoms with E-state index in [9.17, 15) is 9.59 Å². The fourth-order valence-electron chi connectivity index (χ4n) is 3.90. The van der Waals surface area contributed by atoms with Gasteiger partial charge in [-0.15, -0.1) is 0 Å². The van der Waals surface area contributed by atoms with Crippen molar-refractivity contribution >= 4 is 23.4 Å². The number of amides is 2. The van der Waals surface area contributed by atoms with Gasteiger partial charge in [0.15, 0.2) is 0 Å². The number of rotatable bonds is 5. The van der Waals surface area contributed by atoms with E-state index >= 15 is 0 Å². The minimum absolute atomic E-state index is 0.0229. The van der Waals surface area contributed by atoms with Crippen LogP contribution in [0.1, 0.15) is 37.8 Å². The molecule has 2 atom stereocenters. The molecule has 0 aliphatic carbocycles. The summed E-state index contributed by atoms with van der Waals surface area (Å²) in [5.74, 6) is -0.0865. The van der Waals surface area contributed by atoms with E-state index in [4.69, 9.17) is 11.6 Å². The van der Waals surface area contributed by atoms with Crippen molar-refractivity contribution < 1.29 is 9.59 Å². The molecule has 0 spiro atoms. The molecule has 0 radical (unpaired) electrons. The van der Waals surface area contributed by atoms with Gasteiger partial charge in [0.25, 0.3) is 0 Å². The molecule has 2 aliphatic heterocycles. The van der Waals surface area contributed by atoms with E-state index < -0.39 is 6.04 Å². The van der Waals surface area contributed by atoms with Crippen molar-refractivity contribution in [2.45, 2.75) is 38.3 Å². The summed E-state index contributed by atoms with van der Waals surface area (Å²) in [6.07, 6.45) is 3.28. The maximum absolute atomic E-state index is 12.6. The monoisotopic (exact) mass is 392 g/mol. The summed E-state index contributed by atoms with van der Waals surface area (Å²) in [4.78, 5) is 29.1. The van der Waals surface area contributed by atoms with Crippen LogP contribution < -0.4 is 10.6 Å². The molecule has 2 N–H and O–H groups in total. The van der Waals surface area contributed by atoms with Gasteiger partial charge >= 0.3 is 0 Å². The fourth-order valence-corrected chi connectivity index (χ4v) is 4.10. The van der Waals surface area contributed by atoms with Crippen LogP contribution in [0.25, 0.3) is 0 Å². The minimum Gasteiger partial charge on any atom is -0.343 e. The van der Waals surface area contributed by atoms with E-state index in [2.05, 4.69) is 15.5 Å². The molecule has 3 rings (SSSR count). The third kappa shape index (κ3) is 5.43. The van der Waals surface area contributed by atoms with Gasteiger partial charge in [0.05, 0.1) is 6.54 Å². The smallest absolute Gasteiger partial charge is 0.244 e. The van der Waals surface area contributed by atoms with Gasteiger partial charge in [0, 0.05) is 43.8 Å². The second kappa shape index (κ2) is 9.53. The molecule has 1 aromatic rings. The lowest BCUT2D eigenvalue weighted by atomic mass is 10.0. The maximum atomic E-state index is 12.6. The third-order valence-corrected chi connectivity index (χ3v) is 5.59. The lowest BCUT2D eigenvalue weighted by Gasteiger charge is -2.36. The Morgan fingerprint density at radius 2 is 2.04 bits per heavy atom. The van der Waals surface area contributed by atoms with Crippen LogP contribution in [0.2, 0.25) is 5.02 Å². The number of carbonyl (C=O) groups excluding carboxylic acids is 2. The number of benzene rings is 1. The molecule has 0 saturated carbocycles. The predicted molar refractivity (Wildman–Crippen MR) is 107 cm³/mol. The van der Waals surface area contributed by atoms with Crippen molar-refractivity contribution in [2.24, 2.45) is 0 Å². The van der Waals surface area contributed by atoms with Crippen molar-refractivity contribution in [3.63, 3.8) is 0 Å². The maximum Gasteiger partial charge on any atom is 0.244 e. The first-order valence-electron chi connectivity index (χ1n) is 9.83. The minimum atomic E-state index is -0.483. The predicted octanol–water partition coefficient (Wildman–Crippen LogP) is 1.80. The Morgan fingerprint density at radius 3 is 2.78 bits per heavy atom. The van der Waals surface area contributed by atoms with Crippen LogP contribution in [0.4, 0.5) is 0 Å². The summed E-state index contributed by atoms with van der Waals surface area (Å²) in [5, 5.41) is 6.97. The number of hydrogen-bond acceptors (Lipinski definition) is 4. The molecular formula is C20H29ClN4O2. The Hall–Kier alpha value is -1.63. The zero-order valence-corrected chi connectivity index (χ0v) is 16.7. The van der Waals surface area contributed by atoms with Gasteiger partial charge < -0.3 is 15.5 Å². The molecule has 7 heteroatoms. The standard InChI is InChI=1S/C20H29ClN4O2/c1-15(20(27)24-9-3-2-4-10-24)23-19(26)14-25-11-8-22-13-18(25)16-6-5-7-17(21)12-16/h5-7,12,15,18,22H,2-4,8-11,13-14H2,1H3,(H,23,26). The summed E-state index contributed by atoms with van der Waals surface area (Å²) in [6, 6.07) is 7.39. The number of carbonyl (C=O) groups is 2. The molecule has 2 aliphatic rings. The number of halogens is 1. The quantitative estimate of drug-likeness (QED) is 0.802. The largest absolute Gasteiger partial charge is 0.343 e. The molecule has 2 heterocycles. The number of nitrogens with one attached hydrogen (secondary N) is 2. The Kier molecular flexibility index (Phi) is 7.10. The highest BCUT2D eigenvalue weighted by atomic mass is 35.5. The van der Waals surface area contributed by atoms with Crippen LogP contribution in [0.15, 0.2) is 24.3 Å². The number of hydrogen-bond donors (Lipinski definition) is 2. The summed E-state index contributed by atoms with van der Waals surface area (Å²) >= 11 is 6.13. The third-order valence-electron chi connectivity index (χ3n) is 5.35. The van der Waals surface area contributed by atoms with Crippen LogP contribution in [-0.2, 0) is 9.59 Å². The van der Waals surface area contributed by atoms with Crippen LogP contribution in [0.3, 0.4) is 0 Å². The van der Waals surface area contributed by atoms with Gasteiger partial charge in [-0.3, -0.25) is 14.5 Å². The molecule has 1 aromatic carbocycles. The van der Waals surface area contributed by atoms with Crippen molar-refractivity contribution in [3.8, 4) is 0 Å². The van der Waals surface area contributed by atoms with Gasteiger partial charge in [-0.25, -0.2) is 0 Å². The number of likely N-dealkylation sites (tertiary alicyclic amines) is 1. The summed E-state index contributed by atoms with van der Waals surface area (Å²) < 4.78 is 0. The Bertz CT molecular complexity index is 663. The van der Waals surface area contributed by atoms with E-state index in [1.54, 1.807) is 6.92 Å². The normalized spacial score (nSPS) is 22.3. The molecule has 27 heavy (non-hydrogen) atoms.